The lowest BCUT2D eigenvalue weighted by atomic mass is 10.1. The van der Waals surface area contributed by atoms with Crippen LogP contribution in [0.1, 0.15) is 36.2 Å². The van der Waals surface area contributed by atoms with Crippen molar-refractivity contribution in [1.82, 2.24) is 10.3 Å². The van der Waals surface area contributed by atoms with E-state index in [1.54, 1.807) is 0 Å². The van der Waals surface area contributed by atoms with Gasteiger partial charge in [0.2, 0.25) is 5.88 Å². The molecule has 2 aromatic rings. The summed E-state index contributed by atoms with van der Waals surface area (Å²) in [5.74, 6) is 1.52. The zero-order valence-electron chi connectivity index (χ0n) is 13.5. The Bertz CT molecular complexity index is 621. The molecule has 0 spiro atoms. The Hall–Kier alpha value is -1.87. The summed E-state index contributed by atoms with van der Waals surface area (Å²) < 4.78 is 5.95. The average molecular weight is 284 g/mol. The van der Waals surface area contributed by atoms with E-state index in [0.29, 0.717) is 11.9 Å². The van der Waals surface area contributed by atoms with Crippen LogP contribution in [0.3, 0.4) is 0 Å². The standard InChI is InChI=1S/C18H24N2O/c1-12(2)19-11-16-9-15(5)20-18(10-16)21-17-7-6-13(3)8-14(17)4/h6-10,12,19H,11H2,1-5H3. The van der Waals surface area contributed by atoms with Crippen molar-refractivity contribution in [3.63, 3.8) is 0 Å². The van der Waals surface area contributed by atoms with E-state index in [4.69, 9.17) is 4.74 Å². The maximum atomic E-state index is 5.95. The van der Waals surface area contributed by atoms with Crippen molar-refractivity contribution in [1.29, 1.82) is 0 Å². The van der Waals surface area contributed by atoms with Gasteiger partial charge in [-0.1, -0.05) is 31.5 Å². The van der Waals surface area contributed by atoms with Crippen LogP contribution in [0.2, 0.25) is 0 Å². The Kier molecular flexibility index (Phi) is 4.97. The largest absolute Gasteiger partial charge is 0.439 e. The number of hydrogen-bond acceptors (Lipinski definition) is 3. The average Bonchev–Trinajstić information content (AvgIpc) is 2.39. The minimum Gasteiger partial charge on any atom is -0.439 e. The van der Waals surface area contributed by atoms with Crippen LogP contribution in [-0.4, -0.2) is 11.0 Å². The molecule has 1 heterocycles. The van der Waals surface area contributed by atoms with Gasteiger partial charge in [-0.3, -0.25) is 0 Å². The molecule has 0 saturated carbocycles. The topological polar surface area (TPSA) is 34.1 Å². The molecule has 0 unspecified atom stereocenters. The second kappa shape index (κ2) is 6.72. The third-order valence-corrected chi connectivity index (χ3v) is 3.25. The van der Waals surface area contributed by atoms with Gasteiger partial charge in [0.15, 0.2) is 0 Å². The Morgan fingerprint density at radius 1 is 1.10 bits per heavy atom. The molecule has 21 heavy (non-hydrogen) atoms. The van der Waals surface area contributed by atoms with Crippen molar-refractivity contribution in [3.05, 3.63) is 52.7 Å². The third-order valence-electron chi connectivity index (χ3n) is 3.25. The molecule has 0 aliphatic rings. The SMILES string of the molecule is Cc1ccc(Oc2cc(CNC(C)C)cc(C)n2)c(C)c1. The Morgan fingerprint density at radius 2 is 1.86 bits per heavy atom. The maximum Gasteiger partial charge on any atom is 0.219 e. The van der Waals surface area contributed by atoms with Crippen LogP contribution in [0, 0.1) is 20.8 Å². The van der Waals surface area contributed by atoms with E-state index in [2.05, 4.69) is 56.2 Å². The Morgan fingerprint density at radius 3 is 2.52 bits per heavy atom. The van der Waals surface area contributed by atoms with Crippen LogP contribution in [0.15, 0.2) is 30.3 Å². The highest BCUT2D eigenvalue weighted by Gasteiger charge is 2.06. The summed E-state index contributed by atoms with van der Waals surface area (Å²) in [6.45, 7) is 11.2. The van der Waals surface area contributed by atoms with Gasteiger partial charge in [-0.25, -0.2) is 4.98 Å². The molecule has 0 bridgehead atoms. The quantitative estimate of drug-likeness (QED) is 0.889. The van der Waals surface area contributed by atoms with Gasteiger partial charge in [0.05, 0.1) is 0 Å². The molecule has 0 aliphatic carbocycles. The van der Waals surface area contributed by atoms with Gasteiger partial charge in [0, 0.05) is 24.3 Å². The molecule has 0 atom stereocenters. The molecule has 0 amide bonds. The zero-order chi connectivity index (χ0) is 15.4. The summed E-state index contributed by atoms with van der Waals surface area (Å²) >= 11 is 0. The smallest absolute Gasteiger partial charge is 0.219 e. The zero-order valence-corrected chi connectivity index (χ0v) is 13.5. The van der Waals surface area contributed by atoms with Crippen molar-refractivity contribution < 1.29 is 4.74 Å². The van der Waals surface area contributed by atoms with Gasteiger partial charge < -0.3 is 10.1 Å². The summed E-state index contributed by atoms with van der Waals surface area (Å²) in [5.41, 5.74) is 4.52. The van der Waals surface area contributed by atoms with Crippen molar-refractivity contribution in [3.8, 4) is 11.6 Å². The lowest BCUT2D eigenvalue weighted by molar-refractivity contribution is 0.456. The van der Waals surface area contributed by atoms with Gasteiger partial charge in [0.1, 0.15) is 5.75 Å². The van der Waals surface area contributed by atoms with Crippen molar-refractivity contribution in [2.75, 3.05) is 0 Å². The highest BCUT2D eigenvalue weighted by Crippen LogP contribution is 2.25. The molecule has 2 rings (SSSR count). The predicted molar refractivity (Wildman–Crippen MR) is 86.9 cm³/mol. The summed E-state index contributed by atoms with van der Waals surface area (Å²) in [4.78, 5) is 4.47. The van der Waals surface area contributed by atoms with Gasteiger partial charge in [-0.15, -0.1) is 0 Å². The number of hydrogen-bond donors (Lipinski definition) is 1. The van der Waals surface area contributed by atoms with E-state index in [1.807, 2.05) is 19.1 Å². The number of nitrogens with one attached hydrogen (secondary N) is 1. The van der Waals surface area contributed by atoms with E-state index in [1.165, 1.54) is 11.1 Å². The highest BCUT2D eigenvalue weighted by atomic mass is 16.5. The normalized spacial score (nSPS) is 11.0. The first-order valence-corrected chi connectivity index (χ1v) is 7.40. The summed E-state index contributed by atoms with van der Waals surface area (Å²) in [6, 6.07) is 10.7. The number of pyridine rings is 1. The number of rotatable bonds is 5. The van der Waals surface area contributed by atoms with Crippen LogP contribution in [0.4, 0.5) is 0 Å². The van der Waals surface area contributed by atoms with Crippen LogP contribution in [0.5, 0.6) is 11.6 Å². The summed E-state index contributed by atoms with van der Waals surface area (Å²) in [5, 5.41) is 3.42. The van der Waals surface area contributed by atoms with Gasteiger partial charge >= 0.3 is 0 Å². The second-order valence-corrected chi connectivity index (χ2v) is 5.86. The Labute approximate surface area is 127 Å². The minimum absolute atomic E-state index is 0.460. The van der Waals surface area contributed by atoms with Gasteiger partial charge in [-0.05, 0) is 44.0 Å². The molecule has 0 radical (unpaired) electrons. The van der Waals surface area contributed by atoms with E-state index >= 15 is 0 Å². The lowest BCUT2D eigenvalue weighted by Gasteiger charge is -2.12. The van der Waals surface area contributed by atoms with E-state index in [9.17, 15) is 0 Å². The predicted octanol–water partition coefficient (Wildman–Crippen LogP) is 4.30. The van der Waals surface area contributed by atoms with Crippen LogP contribution >= 0.6 is 0 Å². The summed E-state index contributed by atoms with van der Waals surface area (Å²) in [6.07, 6.45) is 0. The van der Waals surface area contributed by atoms with Crippen LogP contribution in [0.25, 0.3) is 0 Å². The second-order valence-electron chi connectivity index (χ2n) is 5.86. The molecule has 0 saturated heterocycles. The Balaban J connectivity index is 2.19. The molecular formula is C18H24N2O. The van der Waals surface area contributed by atoms with Crippen LogP contribution < -0.4 is 10.1 Å². The lowest BCUT2D eigenvalue weighted by Crippen LogP contribution is -2.21. The van der Waals surface area contributed by atoms with Crippen molar-refractivity contribution in [2.45, 2.75) is 47.2 Å². The number of ether oxygens (including phenoxy) is 1. The van der Waals surface area contributed by atoms with E-state index < -0.39 is 0 Å². The van der Waals surface area contributed by atoms with Crippen molar-refractivity contribution in [2.24, 2.45) is 0 Å². The minimum atomic E-state index is 0.460. The fourth-order valence-electron chi connectivity index (χ4n) is 2.21. The van der Waals surface area contributed by atoms with Gasteiger partial charge in [-0.2, -0.15) is 0 Å². The number of aromatic nitrogens is 1. The number of benzene rings is 1. The first-order valence-electron chi connectivity index (χ1n) is 7.40. The van der Waals surface area contributed by atoms with E-state index in [0.717, 1.165) is 23.6 Å². The first-order chi connectivity index (χ1) is 9.94. The molecule has 3 heteroatoms. The molecular weight excluding hydrogens is 260 g/mol. The number of nitrogens with zero attached hydrogens (tertiary/aromatic N) is 1. The third kappa shape index (κ3) is 4.57. The first kappa shape index (κ1) is 15.5. The number of aryl methyl sites for hydroxylation is 3. The molecule has 3 nitrogen and oxygen atoms in total. The van der Waals surface area contributed by atoms with E-state index in [-0.39, 0.29) is 0 Å². The summed E-state index contributed by atoms with van der Waals surface area (Å²) in [7, 11) is 0. The van der Waals surface area contributed by atoms with Crippen LogP contribution in [-0.2, 0) is 6.54 Å². The van der Waals surface area contributed by atoms with Gasteiger partial charge in [0.25, 0.3) is 0 Å². The maximum absolute atomic E-state index is 5.95. The molecule has 1 aromatic heterocycles. The molecule has 0 fully saturated rings. The molecule has 1 aromatic carbocycles. The highest BCUT2D eigenvalue weighted by molar-refractivity contribution is 5.38. The molecule has 1 N–H and O–H groups in total. The fraction of sp³-hybridized carbons (Fsp3) is 0.389. The molecule has 112 valence electrons. The fourth-order valence-corrected chi connectivity index (χ4v) is 2.21. The molecule has 0 aliphatic heterocycles. The van der Waals surface area contributed by atoms with Crippen molar-refractivity contribution >= 4 is 0 Å². The monoisotopic (exact) mass is 284 g/mol.